The van der Waals surface area contributed by atoms with E-state index in [-0.39, 0.29) is 10.3 Å². The van der Waals surface area contributed by atoms with Crippen LogP contribution < -0.4 is 5.32 Å². The molecular weight excluding hydrogens is 186 g/mol. The maximum atomic E-state index is 11.1. The molecule has 1 N–H and O–H groups in total. The van der Waals surface area contributed by atoms with Crippen LogP contribution >= 0.6 is 12.6 Å². The molecule has 0 fully saturated rings. The zero-order chi connectivity index (χ0) is 10.7. The number of amides is 1. The van der Waals surface area contributed by atoms with Gasteiger partial charge in [-0.15, -0.1) is 0 Å². The fraction of sp³-hybridized carbons (Fsp3) is 0.889. The van der Waals surface area contributed by atoms with E-state index in [9.17, 15) is 4.79 Å². The first-order valence-corrected chi connectivity index (χ1v) is 4.72. The smallest absolute Gasteiger partial charge is 0.407 e. The Morgan fingerprint density at radius 3 is 2.08 bits per heavy atom. The lowest BCUT2D eigenvalue weighted by molar-refractivity contribution is 0.130. The minimum atomic E-state index is -0.394. The molecule has 0 aromatic rings. The molecule has 78 valence electrons. The average molecular weight is 205 g/mol. The van der Waals surface area contributed by atoms with E-state index in [2.05, 4.69) is 17.9 Å². The Bertz CT molecular complexity index is 179. The summed E-state index contributed by atoms with van der Waals surface area (Å²) in [7, 11) is 0. The molecule has 0 spiro atoms. The molecule has 3 nitrogen and oxygen atoms in total. The zero-order valence-electron chi connectivity index (χ0n) is 8.97. The summed E-state index contributed by atoms with van der Waals surface area (Å²) in [6.45, 7) is 9.79. The molecule has 0 saturated carbocycles. The fourth-order valence-corrected chi connectivity index (χ4v) is 0.649. The monoisotopic (exact) mass is 205 g/mol. The molecule has 0 aliphatic heterocycles. The number of carbonyl (C=O) groups excluding carboxylic acids is 1. The number of nitrogens with one attached hydrogen (secondary N) is 1. The molecule has 0 heterocycles. The van der Waals surface area contributed by atoms with Crippen molar-refractivity contribution in [2.75, 3.05) is 6.61 Å². The van der Waals surface area contributed by atoms with Crippen molar-refractivity contribution in [1.82, 2.24) is 5.32 Å². The van der Waals surface area contributed by atoms with Crippen molar-refractivity contribution in [3.8, 4) is 0 Å². The largest absolute Gasteiger partial charge is 0.448 e. The standard InChI is InChI=1S/C9H19NO2S/c1-8(2,3)10-7(11)12-6-9(4,5)13/h13H,6H2,1-5H3,(H,10,11). The quantitative estimate of drug-likeness (QED) is 0.678. The zero-order valence-corrected chi connectivity index (χ0v) is 9.87. The van der Waals surface area contributed by atoms with Crippen molar-refractivity contribution in [3.63, 3.8) is 0 Å². The summed E-state index contributed by atoms with van der Waals surface area (Å²) in [5, 5.41) is 2.70. The molecular formula is C9H19NO2S. The van der Waals surface area contributed by atoms with Gasteiger partial charge in [0, 0.05) is 10.3 Å². The molecule has 13 heavy (non-hydrogen) atoms. The van der Waals surface area contributed by atoms with E-state index >= 15 is 0 Å². The van der Waals surface area contributed by atoms with Gasteiger partial charge in [0.1, 0.15) is 6.61 Å². The summed E-state index contributed by atoms with van der Waals surface area (Å²) >= 11 is 4.24. The minimum Gasteiger partial charge on any atom is -0.448 e. The summed E-state index contributed by atoms with van der Waals surface area (Å²) in [6, 6.07) is 0. The van der Waals surface area contributed by atoms with Gasteiger partial charge in [-0.25, -0.2) is 4.79 Å². The third kappa shape index (κ3) is 9.53. The Morgan fingerprint density at radius 2 is 1.77 bits per heavy atom. The third-order valence-corrected chi connectivity index (χ3v) is 1.16. The second-order valence-electron chi connectivity index (χ2n) is 4.76. The lowest BCUT2D eigenvalue weighted by Gasteiger charge is -2.22. The molecule has 4 heteroatoms. The predicted octanol–water partition coefficient (Wildman–Crippen LogP) is 2.22. The van der Waals surface area contributed by atoms with E-state index in [0.29, 0.717) is 6.61 Å². The molecule has 0 aliphatic rings. The first kappa shape index (κ1) is 12.6. The van der Waals surface area contributed by atoms with E-state index < -0.39 is 6.09 Å². The van der Waals surface area contributed by atoms with E-state index in [4.69, 9.17) is 4.74 Å². The van der Waals surface area contributed by atoms with Crippen LogP contribution in [0.5, 0.6) is 0 Å². The number of rotatable bonds is 2. The molecule has 0 bridgehead atoms. The molecule has 0 rings (SSSR count). The highest BCUT2D eigenvalue weighted by Crippen LogP contribution is 2.11. The normalized spacial score (nSPS) is 12.5. The third-order valence-electron chi connectivity index (χ3n) is 1.03. The topological polar surface area (TPSA) is 38.3 Å². The van der Waals surface area contributed by atoms with Gasteiger partial charge in [-0.2, -0.15) is 12.6 Å². The number of thiol groups is 1. The van der Waals surface area contributed by atoms with Crippen LogP contribution in [0.1, 0.15) is 34.6 Å². The Hall–Kier alpha value is -0.380. The van der Waals surface area contributed by atoms with Gasteiger partial charge >= 0.3 is 6.09 Å². The van der Waals surface area contributed by atoms with Crippen molar-refractivity contribution in [2.45, 2.75) is 44.9 Å². The molecule has 0 saturated heterocycles. The van der Waals surface area contributed by atoms with E-state index in [1.54, 1.807) is 0 Å². The number of alkyl carbamates (subject to hydrolysis) is 1. The number of ether oxygens (including phenoxy) is 1. The lowest BCUT2D eigenvalue weighted by Crippen LogP contribution is -2.42. The van der Waals surface area contributed by atoms with Gasteiger partial charge in [0.2, 0.25) is 0 Å². The maximum Gasteiger partial charge on any atom is 0.407 e. The number of hydrogen-bond acceptors (Lipinski definition) is 3. The highest BCUT2D eigenvalue weighted by molar-refractivity contribution is 7.81. The Balaban J connectivity index is 3.78. The molecule has 0 aromatic heterocycles. The molecule has 0 atom stereocenters. The molecule has 0 unspecified atom stereocenters. The Morgan fingerprint density at radius 1 is 1.31 bits per heavy atom. The van der Waals surface area contributed by atoms with Crippen LogP contribution in [0.3, 0.4) is 0 Å². The minimum absolute atomic E-state index is 0.252. The first-order chi connectivity index (χ1) is 5.60. The van der Waals surface area contributed by atoms with Crippen molar-refractivity contribution in [2.24, 2.45) is 0 Å². The van der Waals surface area contributed by atoms with Gasteiger partial charge in [-0.1, -0.05) is 0 Å². The van der Waals surface area contributed by atoms with Crippen LogP contribution in [0.4, 0.5) is 4.79 Å². The first-order valence-electron chi connectivity index (χ1n) is 4.27. The van der Waals surface area contributed by atoms with Crippen LogP contribution in [-0.2, 0) is 4.74 Å². The van der Waals surface area contributed by atoms with Gasteiger partial charge < -0.3 is 10.1 Å². The van der Waals surface area contributed by atoms with Crippen LogP contribution in [-0.4, -0.2) is 23.0 Å². The van der Waals surface area contributed by atoms with Crippen LogP contribution in [0, 0.1) is 0 Å². The number of hydrogen-bond donors (Lipinski definition) is 2. The van der Waals surface area contributed by atoms with Gasteiger partial charge in [0.15, 0.2) is 0 Å². The van der Waals surface area contributed by atoms with E-state index in [0.717, 1.165) is 0 Å². The van der Waals surface area contributed by atoms with Crippen LogP contribution in [0.25, 0.3) is 0 Å². The highest BCUT2D eigenvalue weighted by atomic mass is 32.1. The number of carbonyl (C=O) groups is 1. The second-order valence-corrected chi connectivity index (χ2v) is 5.97. The predicted molar refractivity (Wildman–Crippen MR) is 57.3 cm³/mol. The maximum absolute atomic E-state index is 11.1. The van der Waals surface area contributed by atoms with E-state index in [1.807, 2.05) is 34.6 Å². The van der Waals surface area contributed by atoms with Crippen molar-refractivity contribution in [3.05, 3.63) is 0 Å². The van der Waals surface area contributed by atoms with Gasteiger partial charge in [-0.3, -0.25) is 0 Å². The summed E-state index contributed by atoms with van der Waals surface area (Å²) in [6.07, 6.45) is -0.394. The van der Waals surface area contributed by atoms with E-state index in [1.165, 1.54) is 0 Å². The Labute approximate surface area is 85.6 Å². The van der Waals surface area contributed by atoms with Gasteiger partial charge in [0.25, 0.3) is 0 Å². The summed E-state index contributed by atoms with van der Waals surface area (Å²) < 4.78 is 4.67. The van der Waals surface area contributed by atoms with Crippen molar-refractivity contribution < 1.29 is 9.53 Å². The molecule has 0 radical (unpaired) electrons. The van der Waals surface area contributed by atoms with Crippen LogP contribution in [0.2, 0.25) is 0 Å². The van der Waals surface area contributed by atoms with Gasteiger partial charge in [0.05, 0.1) is 0 Å². The molecule has 0 aromatic carbocycles. The summed E-state index contributed by atoms with van der Waals surface area (Å²) in [5.41, 5.74) is -0.252. The molecule has 1 amide bonds. The second kappa shape index (κ2) is 4.22. The highest BCUT2D eigenvalue weighted by Gasteiger charge is 2.18. The SMILES string of the molecule is CC(C)(S)COC(=O)NC(C)(C)C. The summed E-state index contributed by atoms with van der Waals surface area (Å²) in [4.78, 5) is 11.1. The van der Waals surface area contributed by atoms with Crippen LogP contribution in [0.15, 0.2) is 0 Å². The van der Waals surface area contributed by atoms with Crippen molar-refractivity contribution in [1.29, 1.82) is 0 Å². The van der Waals surface area contributed by atoms with Crippen molar-refractivity contribution >= 4 is 18.7 Å². The summed E-state index contributed by atoms with van der Waals surface area (Å²) in [5.74, 6) is 0. The van der Waals surface area contributed by atoms with Gasteiger partial charge in [-0.05, 0) is 34.6 Å². The lowest BCUT2D eigenvalue weighted by atomic mass is 10.1. The Kier molecular flexibility index (Phi) is 4.10. The molecule has 0 aliphatic carbocycles. The average Bonchev–Trinajstić information content (AvgIpc) is 1.78. The fourth-order valence-electron chi connectivity index (χ4n) is 0.584.